The van der Waals surface area contributed by atoms with Crippen molar-refractivity contribution in [3.05, 3.63) is 39.4 Å². The van der Waals surface area contributed by atoms with E-state index < -0.39 is 4.92 Å². The summed E-state index contributed by atoms with van der Waals surface area (Å²) in [5, 5.41) is 10.9. The van der Waals surface area contributed by atoms with E-state index in [1.807, 2.05) is 0 Å². The summed E-state index contributed by atoms with van der Waals surface area (Å²) in [5.74, 6) is -0.212. The van der Waals surface area contributed by atoms with Crippen LogP contribution in [0.25, 0.3) is 0 Å². The molecule has 1 fully saturated rings. The van der Waals surface area contributed by atoms with E-state index in [1.165, 1.54) is 6.07 Å². The van der Waals surface area contributed by atoms with Gasteiger partial charge in [0, 0.05) is 30.3 Å². The van der Waals surface area contributed by atoms with E-state index in [2.05, 4.69) is 0 Å². The number of nitrogens with zero attached hydrogens (tertiary/aromatic N) is 2. The van der Waals surface area contributed by atoms with Crippen LogP contribution in [0.15, 0.2) is 18.2 Å². The lowest BCUT2D eigenvalue weighted by Gasteiger charge is -2.35. The van der Waals surface area contributed by atoms with Gasteiger partial charge in [-0.15, -0.1) is 11.6 Å². The molecule has 2 unspecified atom stereocenters. The average molecular weight is 311 g/mol. The summed E-state index contributed by atoms with van der Waals surface area (Å²) in [7, 11) is 1.72. The second-order valence-corrected chi connectivity index (χ2v) is 6.10. The normalized spacial score (nSPS) is 21.9. The molecule has 1 amide bonds. The Morgan fingerprint density at radius 3 is 2.67 bits per heavy atom. The number of rotatable bonds is 3. The molecule has 0 N–H and O–H groups in total. The number of carbonyl (C=O) groups excluding carboxylic acids is 1. The number of hydrogen-bond acceptors (Lipinski definition) is 3. The molecule has 5 nitrogen and oxygen atoms in total. The quantitative estimate of drug-likeness (QED) is 0.487. The van der Waals surface area contributed by atoms with Crippen LogP contribution in [0.5, 0.6) is 0 Å². The van der Waals surface area contributed by atoms with Gasteiger partial charge in [0.05, 0.1) is 10.3 Å². The molecule has 0 aliphatic heterocycles. The molecule has 2 atom stereocenters. The fourth-order valence-corrected chi connectivity index (χ4v) is 3.25. The maximum atomic E-state index is 12.5. The molecule has 0 spiro atoms. The molecular formula is C15H19ClN2O3. The largest absolute Gasteiger partial charge is 0.337 e. The first kappa shape index (κ1) is 15.8. The van der Waals surface area contributed by atoms with Gasteiger partial charge in [-0.05, 0) is 25.8 Å². The van der Waals surface area contributed by atoms with Crippen LogP contribution in [-0.4, -0.2) is 34.2 Å². The van der Waals surface area contributed by atoms with E-state index >= 15 is 0 Å². The zero-order valence-corrected chi connectivity index (χ0v) is 13.0. The van der Waals surface area contributed by atoms with Crippen LogP contribution >= 0.6 is 11.6 Å². The lowest BCUT2D eigenvalue weighted by atomic mass is 9.93. The molecule has 1 aliphatic rings. The number of carbonyl (C=O) groups is 1. The molecule has 1 aromatic carbocycles. The summed E-state index contributed by atoms with van der Waals surface area (Å²) in [5.41, 5.74) is 0.858. The van der Waals surface area contributed by atoms with Crippen molar-refractivity contribution in [1.82, 2.24) is 4.90 Å². The SMILES string of the molecule is Cc1ccc(C(=O)N(C)C2CCCCC2Cl)cc1[N+](=O)[O-]. The van der Waals surface area contributed by atoms with Crippen molar-refractivity contribution in [3.63, 3.8) is 0 Å². The van der Waals surface area contributed by atoms with Gasteiger partial charge < -0.3 is 4.90 Å². The van der Waals surface area contributed by atoms with Crippen molar-refractivity contribution in [2.45, 2.75) is 44.0 Å². The molecule has 0 saturated heterocycles. The molecule has 0 radical (unpaired) electrons. The van der Waals surface area contributed by atoms with Gasteiger partial charge in [-0.2, -0.15) is 0 Å². The molecule has 0 bridgehead atoms. The van der Waals surface area contributed by atoms with Crippen LogP contribution in [0.2, 0.25) is 0 Å². The van der Waals surface area contributed by atoms with Crippen molar-refractivity contribution >= 4 is 23.2 Å². The maximum absolute atomic E-state index is 12.5. The topological polar surface area (TPSA) is 63.5 Å². The van der Waals surface area contributed by atoms with Crippen molar-refractivity contribution < 1.29 is 9.72 Å². The van der Waals surface area contributed by atoms with Crippen molar-refractivity contribution in [1.29, 1.82) is 0 Å². The minimum absolute atomic E-state index is 0.00623. The smallest absolute Gasteiger partial charge is 0.273 e. The fourth-order valence-electron chi connectivity index (χ4n) is 2.80. The first-order chi connectivity index (χ1) is 9.91. The van der Waals surface area contributed by atoms with Gasteiger partial charge in [-0.25, -0.2) is 0 Å². The molecule has 6 heteroatoms. The standard InChI is InChI=1S/C15H19ClN2O3/c1-10-7-8-11(9-14(10)18(20)21)15(19)17(2)13-6-4-3-5-12(13)16/h7-9,12-13H,3-6H2,1-2H3. The lowest BCUT2D eigenvalue weighted by molar-refractivity contribution is -0.385. The van der Waals surface area contributed by atoms with E-state index in [0.717, 1.165) is 25.7 Å². The minimum Gasteiger partial charge on any atom is -0.337 e. The van der Waals surface area contributed by atoms with Gasteiger partial charge in [-0.1, -0.05) is 18.9 Å². The Bertz CT molecular complexity index is 562. The van der Waals surface area contributed by atoms with E-state index in [1.54, 1.807) is 31.0 Å². The Hall–Kier alpha value is -1.62. The highest BCUT2D eigenvalue weighted by atomic mass is 35.5. The Balaban J connectivity index is 2.23. The van der Waals surface area contributed by atoms with Gasteiger partial charge >= 0.3 is 0 Å². The van der Waals surface area contributed by atoms with E-state index in [9.17, 15) is 14.9 Å². The second kappa shape index (κ2) is 6.43. The van der Waals surface area contributed by atoms with Gasteiger partial charge in [0.1, 0.15) is 0 Å². The van der Waals surface area contributed by atoms with E-state index in [-0.39, 0.29) is 23.0 Å². The highest BCUT2D eigenvalue weighted by Crippen LogP contribution is 2.28. The highest BCUT2D eigenvalue weighted by molar-refractivity contribution is 6.21. The van der Waals surface area contributed by atoms with Crippen molar-refractivity contribution in [3.8, 4) is 0 Å². The molecule has 1 aromatic rings. The van der Waals surface area contributed by atoms with Crippen LogP contribution in [-0.2, 0) is 0 Å². The summed E-state index contributed by atoms with van der Waals surface area (Å²) < 4.78 is 0. The number of hydrogen-bond donors (Lipinski definition) is 0. The first-order valence-corrected chi connectivity index (χ1v) is 7.51. The minimum atomic E-state index is -0.461. The Morgan fingerprint density at radius 1 is 1.38 bits per heavy atom. The van der Waals surface area contributed by atoms with E-state index in [4.69, 9.17) is 11.6 Å². The number of alkyl halides is 1. The van der Waals surface area contributed by atoms with Gasteiger partial charge in [0.2, 0.25) is 0 Å². The number of nitro groups is 1. The van der Waals surface area contributed by atoms with Gasteiger partial charge in [0.25, 0.3) is 11.6 Å². The third-order valence-corrected chi connectivity index (χ3v) is 4.63. The Kier molecular flexibility index (Phi) is 4.83. The molecule has 1 aliphatic carbocycles. The third-order valence-electron chi connectivity index (χ3n) is 4.12. The number of benzene rings is 1. The summed E-state index contributed by atoms with van der Waals surface area (Å²) in [6, 6.07) is 4.58. The molecule has 21 heavy (non-hydrogen) atoms. The number of amides is 1. The second-order valence-electron chi connectivity index (χ2n) is 5.54. The molecule has 2 rings (SSSR count). The van der Waals surface area contributed by atoms with Crippen molar-refractivity contribution in [2.24, 2.45) is 0 Å². The fraction of sp³-hybridized carbons (Fsp3) is 0.533. The molecule has 1 saturated carbocycles. The van der Waals surface area contributed by atoms with Gasteiger partial charge in [0.15, 0.2) is 0 Å². The number of nitro benzene ring substituents is 1. The lowest BCUT2D eigenvalue weighted by Crippen LogP contribution is -2.44. The summed E-state index contributed by atoms with van der Waals surface area (Å²) in [4.78, 5) is 24.7. The molecule has 114 valence electrons. The summed E-state index contributed by atoms with van der Waals surface area (Å²) >= 11 is 6.31. The summed E-state index contributed by atoms with van der Waals surface area (Å²) in [6.07, 6.45) is 3.92. The maximum Gasteiger partial charge on any atom is 0.273 e. The zero-order valence-electron chi connectivity index (χ0n) is 12.2. The van der Waals surface area contributed by atoms with Crippen LogP contribution in [0.3, 0.4) is 0 Å². The predicted molar refractivity (Wildman–Crippen MR) is 81.8 cm³/mol. The third kappa shape index (κ3) is 3.35. The monoisotopic (exact) mass is 310 g/mol. The molecule has 0 heterocycles. The van der Waals surface area contributed by atoms with Crippen LogP contribution in [0, 0.1) is 17.0 Å². The van der Waals surface area contributed by atoms with Crippen molar-refractivity contribution in [2.75, 3.05) is 7.05 Å². The van der Waals surface area contributed by atoms with Crippen LogP contribution in [0.4, 0.5) is 5.69 Å². The number of aryl methyl sites for hydroxylation is 1. The Morgan fingerprint density at radius 2 is 2.05 bits per heavy atom. The van der Waals surface area contributed by atoms with Gasteiger partial charge in [-0.3, -0.25) is 14.9 Å². The molecule has 0 aromatic heterocycles. The zero-order chi connectivity index (χ0) is 15.6. The first-order valence-electron chi connectivity index (χ1n) is 7.08. The predicted octanol–water partition coefficient (Wildman–Crippen LogP) is 3.53. The van der Waals surface area contributed by atoms with Crippen LogP contribution < -0.4 is 0 Å². The highest BCUT2D eigenvalue weighted by Gasteiger charge is 2.30. The van der Waals surface area contributed by atoms with Crippen LogP contribution in [0.1, 0.15) is 41.6 Å². The Labute approximate surface area is 129 Å². The average Bonchev–Trinajstić information content (AvgIpc) is 2.46. The number of halogens is 1. The van der Waals surface area contributed by atoms with E-state index in [0.29, 0.717) is 11.1 Å². The summed E-state index contributed by atoms with van der Waals surface area (Å²) in [6.45, 7) is 1.66. The molecular weight excluding hydrogens is 292 g/mol.